The van der Waals surface area contributed by atoms with Gasteiger partial charge >= 0.3 is 12.5 Å². The van der Waals surface area contributed by atoms with Crippen LogP contribution in [0.15, 0.2) is 18.2 Å². The minimum Gasteiger partial charge on any atom is -0.465 e. The van der Waals surface area contributed by atoms with Gasteiger partial charge in [-0.25, -0.2) is 9.18 Å². The molecular weight excluding hydrogens is 298 g/mol. The van der Waals surface area contributed by atoms with Crippen molar-refractivity contribution in [3.05, 3.63) is 29.6 Å². The summed E-state index contributed by atoms with van der Waals surface area (Å²) in [6, 6.07) is 1.17. The second-order valence-electron chi connectivity index (χ2n) is 4.77. The fourth-order valence-corrected chi connectivity index (χ4v) is 1.70. The molecule has 1 aromatic carbocycles. The van der Waals surface area contributed by atoms with Crippen LogP contribution in [-0.4, -0.2) is 28.3 Å². The molecule has 9 heteroatoms. The number of nitrogens with one attached hydrogen (secondary N) is 1. The lowest BCUT2D eigenvalue weighted by molar-refractivity contribution is -0.275. The van der Waals surface area contributed by atoms with Gasteiger partial charge in [0.15, 0.2) is 11.6 Å². The molecule has 0 bridgehead atoms. The highest BCUT2D eigenvalue weighted by Gasteiger charge is 2.34. The van der Waals surface area contributed by atoms with Crippen molar-refractivity contribution in [3.8, 4) is 5.75 Å². The van der Waals surface area contributed by atoms with Crippen molar-refractivity contribution in [2.45, 2.75) is 31.9 Å². The molecular formula is C12H13F4NO4. The number of halogens is 4. The zero-order valence-electron chi connectivity index (χ0n) is 11.0. The molecule has 0 spiro atoms. The molecule has 0 aliphatic heterocycles. The standard InChI is InChI=1S/C12H13F4NO4/c1-11(2,20)9(17-10(18)19)6-3-4-8(7(13)5-6)21-12(14,15)16/h3-5,9,17,20H,1-2H3,(H,18,19)/t9-/m0/s1. The summed E-state index contributed by atoms with van der Waals surface area (Å²) in [6.07, 6.45) is -6.52. The van der Waals surface area contributed by atoms with Crippen molar-refractivity contribution in [2.24, 2.45) is 0 Å². The van der Waals surface area contributed by atoms with Crippen molar-refractivity contribution in [2.75, 3.05) is 0 Å². The molecule has 21 heavy (non-hydrogen) atoms. The average Bonchev–Trinajstić information content (AvgIpc) is 2.25. The van der Waals surface area contributed by atoms with Gasteiger partial charge in [-0.3, -0.25) is 0 Å². The number of ether oxygens (including phenoxy) is 1. The van der Waals surface area contributed by atoms with Crippen LogP contribution >= 0.6 is 0 Å². The fourth-order valence-electron chi connectivity index (χ4n) is 1.70. The molecule has 1 atom stereocenters. The van der Waals surface area contributed by atoms with Crippen molar-refractivity contribution in [1.82, 2.24) is 5.32 Å². The van der Waals surface area contributed by atoms with Crippen molar-refractivity contribution in [1.29, 1.82) is 0 Å². The van der Waals surface area contributed by atoms with Gasteiger partial charge in [0.2, 0.25) is 0 Å². The monoisotopic (exact) mass is 311 g/mol. The second-order valence-corrected chi connectivity index (χ2v) is 4.77. The predicted octanol–water partition coefficient (Wildman–Crippen LogP) is 2.80. The Morgan fingerprint density at radius 3 is 2.29 bits per heavy atom. The largest absolute Gasteiger partial charge is 0.573 e. The van der Waals surface area contributed by atoms with Crippen LogP contribution in [0, 0.1) is 5.82 Å². The number of amides is 1. The molecule has 3 N–H and O–H groups in total. The van der Waals surface area contributed by atoms with Crippen LogP contribution < -0.4 is 10.1 Å². The summed E-state index contributed by atoms with van der Waals surface area (Å²) < 4.78 is 53.1. The van der Waals surface area contributed by atoms with Crippen LogP contribution in [0.3, 0.4) is 0 Å². The van der Waals surface area contributed by atoms with E-state index in [1.54, 1.807) is 0 Å². The van der Waals surface area contributed by atoms with Crippen molar-refractivity contribution in [3.63, 3.8) is 0 Å². The number of benzene rings is 1. The Hall–Kier alpha value is -2.03. The first-order chi connectivity index (χ1) is 9.40. The van der Waals surface area contributed by atoms with E-state index in [9.17, 15) is 27.5 Å². The van der Waals surface area contributed by atoms with Gasteiger partial charge in [0.1, 0.15) is 0 Å². The Morgan fingerprint density at radius 1 is 1.33 bits per heavy atom. The van der Waals surface area contributed by atoms with Crippen LogP contribution in [-0.2, 0) is 0 Å². The van der Waals surface area contributed by atoms with E-state index in [1.807, 2.05) is 5.32 Å². The molecule has 1 rings (SSSR count). The van der Waals surface area contributed by atoms with E-state index in [1.165, 1.54) is 13.8 Å². The Morgan fingerprint density at radius 2 is 1.90 bits per heavy atom. The second kappa shape index (κ2) is 5.76. The third-order valence-electron chi connectivity index (χ3n) is 2.49. The van der Waals surface area contributed by atoms with Gasteiger partial charge in [-0.05, 0) is 31.5 Å². The number of alkyl halides is 3. The van der Waals surface area contributed by atoms with E-state index >= 15 is 0 Å². The summed E-state index contributed by atoms with van der Waals surface area (Å²) in [4.78, 5) is 10.7. The molecule has 1 aromatic rings. The quantitative estimate of drug-likeness (QED) is 0.747. The summed E-state index contributed by atoms with van der Waals surface area (Å²) in [5.41, 5.74) is -1.64. The van der Waals surface area contributed by atoms with Crippen LogP contribution in [0.5, 0.6) is 5.75 Å². The smallest absolute Gasteiger partial charge is 0.465 e. The first-order valence-corrected chi connectivity index (χ1v) is 5.67. The van der Waals surface area contributed by atoms with Crippen molar-refractivity contribution >= 4 is 6.09 Å². The predicted molar refractivity (Wildman–Crippen MR) is 63.3 cm³/mol. The normalized spacial score (nSPS) is 13.7. The molecule has 0 saturated carbocycles. The number of aliphatic hydroxyl groups is 1. The number of hydrogen-bond donors (Lipinski definition) is 3. The Labute approximate surface area is 117 Å². The zero-order valence-corrected chi connectivity index (χ0v) is 11.0. The third kappa shape index (κ3) is 5.10. The molecule has 1 amide bonds. The molecule has 0 unspecified atom stereocenters. The highest BCUT2D eigenvalue weighted by Crippen LogP contribution is 2.31. The molecule has 0 fully saturated rings. The minimum absolute atomic E-state index is 0.0445. The maximum atomic E-state index is 13.6. The zero-order chi connectivity index (χ0) is 16.4. The summed E-state index contributed by atoms with van der Waals surface area (Å²) >= 11 is 0. The minimum atomic E-state index is -5.04. The van der Waals surface area contributed by atoms with E-state index in [0.717, 1.165) is 6.07 Å². The number of hydrogen-bond acceptors (Lipinski definition) is 3. The van der Waals surface area contributed by atoms with Crippen LogP contribution in [0.25, 0.3) is 0 Å². The average molecular weight is 311 g/mol. The highest BCUT2D eigenvalue weighted by molar-refractivity contribution is 5.65. The summed E-state index contributed by atoms with van der Waals surface area (Å²) in [5, 5.41) is 20.5. The highest BCUT2D eigenvalue weighted by atomic mass is 19.4. The molecule has 118 valence electrons. The van der Waals surface area contributed by atoms with E-state index in [4.69, 9.17) is 5.11 Å². The first-order valence-electron chi connectivity index (χ1n) is 5.67. The van der Waals surface area contributed by atoms with Crippen LogP contribution in [0.4, 0.5) is 22.4 Å². The molecule has 0 aliphatic rings. The number of carbonyl (C=O) groups is 1. The lowest BCUT2D eigenvalue weighted by Gasteiger charge is -2.29. The lowest BCUT2D eigenvalue weighted by atomic mass is 9.92. The van der Waals surface area contributed by atoms with E-state index in [-0.39, 0.29) is 5.56 Å². The fraction of sp³-hybridized carbons (Fsp3) is 0.417. The third-order valence-corrected chi connectivity index (χ3v) is 2.49. The molecule has 0 saturated heterocycles. The van der Waals surface area contributed by atoms with Crippen LogP contribution in [0.2, 0.25) is 0 Å². The first kappa shape index (κ1) is 17.0. The molecule has 0 radical (unpaired) electrons. The van der Waals surface area contributed by atoms with Gasteiger partial charge in [-0.15, -0.1) is 13.2 Å². The summed E-state index contributed by atoms with van der Waals surface area (Å²) in [6.45, 7) is 2.54. The molecule has 0 heterocycles. The molecule has 0 aliphatic carbocycles. The van der Waals surface area contributed by atoms with Crippen molar-refractivity contribution < 1.29 is 37.3 Å². The Kier molecular flexibility index (Phi) is 4.67. The topological polar surface area (TPSA) is 78.8 Å². The molecule has 0 aromatic heterocycles. The maximum Gasteiger partial charge on any atom is 0.573 e. The van der Waals surface area contributed by atoms with Gasteiger partial charge in [-0.1, -0.05) is 6.07 Å². The summed E-state index contributed by atoms with van der Waals surface area (Å²) in [7, 11) is 0. The number of rotatable bonds is 4. The van der Waals surface area contributed by atoms with E-state index in [0.29, 0.717) is 12.1 Å². The van der Waals surface area contributed by atoms with Gasteiger partial charge in [0, 0.05) is 0 Å². The molecule has 5 nitrogen and oxygen atoms in total. The van der Waals surface area contributed by atoms with Gasteiger partial charge in [-0.2, -0.15) is 0 Å². The maximum absolute atomic E-state index is 13.6. The lowest BCUT2D eigenvalue weighted by Crippen LogP contribution is -2.41. The van der Waals surface area contributed by atoms with Gasteiger partial charge in [0.25, 0.3) is 0 Å². The van der Waals surface area contributed by atoms with Gasteiger partial charge < -0.3 is 20.3 Å². The van der Waals surface area contributed by atoms with Gasteiger partial charge in [0.05, 0.1) is 11.6 Å². The van der Waals surface area contributed by atoms with Crippen LogP contribution in [0.1, 0.15) is 25.5 Å². The van der Waals surface area contributed by atoms with E-state index in [2.05, 4.69) is 4.74 Å². The number of carboxylic acid groups (broad SMARTS) is 1. The van der Waals surface area contributed by atoms with E-state index < -0.39 is 35.7 Å². The summed E-state index contributed by atoms with van der Waals surface area (Å²) in [5.74, 6) is -2.37. The Bertz CT molecular complexity index is 525. The Balaban J connectivity index is 3.12. The SMILES string of the molecule is CC(C)(O)[C@@H](NC(=O)O)c1ccc(OC(F)(F)F)c(F)c1.